The molecule has 17 heavy (non-hydrogen) atoms. The zero-order chi connectivity index (χ0) is 12.3. The Hall–Kier alpha value is -0.120. The Morgan fingerprint density at radius 1 is 1.29 bits per heavy atom. The molecule has 1 saturated heterocycles. The topological polar surface area (TPSA) is 41.5 Å². The van der Waals surface area contributed by atoms with Crippen molar-refractivity contribution >= 4 is 0 Å². The van der Waals surface area contributed by atoms with Crippen molar-refractivity contribution in [1.29, 1.82) is 0 Å². The van der Waals surface area contributed by atoms with Gasteiger partial charge in [-0.25, -0.2) is 0 Å². The van der Waals surface area contributed by atoms with E-state index in [9.17, 15) is 5.11 Å². The predicted octanol–water partition coefficient (Wildman–Crippen LogP) is 1.94. The van der Waals surface area contributed by atoms with Crippen molar-refractivity contribution in [2.75, 3.05) is 19.8 Å². The summed E-state index contributed by atoms with van der Waals surface area (Å²) in [6.45, 7) is 6.65. The molecule has 4 unspecified atom stereocenters. The van der Waals surface area contributed by atoms with Crippen LogP contribution in [0.5, 0.6) is 0 Å². The second kappa shape index (κ2) is 5.68. The largest absolute Gasteiger partial charge is 0.394 e. The Bertz CT molecular complexity index is 240. The Balaban J connectivity index is 1.92. The van der Waals surface area contributed by atoms with Crippen molar-refractivity contribution in [3.05, 3.63) is 0 Å². The van der Waals surface area contributed by atoms with Crippen molar-refractivity contribution in [3.8, 4) is 0 Å². The fourth-order valence-corrected chi connectivity index (χ4v) is 3.41. The van der Waals surface area contributed by atoms with E-state index in [0.717, 1.165) is 19.6 Å². The van der Waals surface area contributed by atoms with Gasteiger partial charge in [0.15, 0.2) is 0 Å². The van der Waals surface area contributed by atoms with Crippen LogP contribution in [-0.4, -0.2) is 36.5 Å². The molecule has 1 saturated carbocycles. The van der Waals surface area contributed by atoms with Crippen molar-refractivity contribution in [2.24, 2.45) is 11.8 Å². The van der Waals surface area contributed by atoms with Gasteiger partial charge in [-0.1, -0.05) is 26.7 Å². The van der Waals surface area contributed by atoms with Gasteiger partial charge in [-0.15, -0.1) is 0 Å². The number of ether oxygens (including phenoxy) is 1. The van der Waals surface area contributed by atoms with Gasteiger partial charge in [-0.2, -0.15) is 0 Å². The van der Waals surface area contributed by atoms with Crippen molar-refractivity contribution in [1.82, 2.24) is 5.32 Å². The molecule has 2 rings (SSSR count). The fourth-order valence-electron chi connectivity index (χ4n) is 3.41. The van der Waals surface area contributed by atoms with Crippen molar-refractivity contribution in [3.63, 3.8) is 0 Å². The van der Waals surface area contributed by atoms with Crippen molar-refractivity contribution in [2.45, 2.75) is 57.6 Å². The van der Waals surface area contributed by atoms with Crippen LogP contribution in [-0.2, 0) is 4.74 Å². The molecule has 0 aromatic heterocycles. The third-order valence-corrected chi connectivity index (χ3v) is 5.00. The van der Waals surface area contributed by atoms with Gasteiger partial charge < -0.3 is 15.2 Å². The lowest BCUT2D eigenvalue weighted by Crippen LogP contribution is -2.58. The summed E-state index contributed by atoms with van der Waals surface area (Å²) in [6, 6.07) is 0. The molecular formula is C14H27NO2. The van der Waals surface area contributed by atoms with Crippen LogP contribution in [0.2, 0.25) is 0 Å². The highest BCUT2D eigenvalue weighted by Gasteiger charge is 2.41. The average Bonchev–Trinajstić information content (AvgIpc) is 2.85. The third kappa shape index (κ3) is 2.83. The molecule has 0 aromatic carbocycles. The monoisotopic (exact) mass is 241 g/mol. The summed E-state index contributed by atoms with van der Waals surface area (Å²) in [5, 5.41) is 13.4. The molecule has 2 fully saturated rings. The highest BCUT2D eigenvalue weighted by atomic mass is 16.5. The molecule has 3 heteroatoms. The Kier molecular flexibility index (Phi) is 4.45. The summed E-state index contributed by atoms with van der Waals surface area (Å²) < 4.78 is 5.65. The first-order valence-electron chi connectivity index (χ1n) is 7.15. The molecule has 2 aliphatic rings. The van der Waals surface area contributed by atoms with Gasteiger partial charge in [0, 0.05) is 18.7 Å². The van der Waals surface area contributed by atoms with Gasteiger partial charge >= 0.3 is 0 Å². The number of aliphatic hydroxyl groups is 1. The molecule has 4 atom stereocenters. The van der Waals surface area contributed by atoms with Gasteiger partial charge in [0.2, 0.25) is 0 Å². The molecule has 1 aliphatic heterocycles. The van der Waals surface area contributed by atoms with Gasteiger partial charge in [0.1, 0.15) is 0 Å². The van der Waals surface area contributed by atoms with Crippen molar-refractivity contribution < 1.29 is 9.84 Å². The smallest absolute Gasteiger partial charge is 0.0700 e. The lowest BCUT2D eigenvalue weighted by atomic mass is 9.68. The van der Waals surface area contributed by atoms with Crippen LogP contribution in [0.3, 0.4) is 0 Å². The maximum atomic E-state index is 9.80. The van der Waals surface area contributed by atoms with Crippen LogP contribution in [0.1, 0.15) is 46.0 Å². The molecular weight excluding hydrogens is 214 g/mol. The zero-order valence-corrected chi connectivity index (χ0v) is 11.2. The summed E-state index contributed by atoms with van der Waals surface area (Å²) in [5.74, 6) is 1.25. The van der Waals surface area contributed by atoms with Crippen LogP contribution in [0.4, 0.5) is 0 Å². The van der Waals surface area contributed by atoms with E-state index in [1.807, 2.05) is 0 Å². The first-order chi connectivity index (χ1) is 8.18. The molecule has 1 aliphatic carbocycles. The normalized spacial score (nSPS) is 42.9. The first kappa shape index (κ1) is 13.3. The Morgan fingerprint density at radius 3 is 2.76 bits per heavy atom. The summed E-state index contributed by atoms with van der Waals surface area (Å²) >= 11 is 0. The molecule has 1 heterocycles. The number of hydrogen-bond acceptors (Lipinski definition) is 3. The van der Waals surface area contributed by atoms with E-state index >= 15 is 0 Å². The Labute approximate surface area is 105 Å². The number of nitrogens with one attached hydrogen (secondary N) is 1. The SMILES string of the molecule is CC1CCCC(CO)(NCC2CCCO2)C1C. The van der Waals surface area contributed by atoms with E-state index in [-0.39, 0.29) is 12.1 Å². The maximum Gasteiger partial charge on any atom is 0.0700 e. The number of hydrogen-bond donors (Lipinski definition) is 2. The van der Waals surface area contributed by atoms with Crippen LogP contribution in [0.15, 0.2) is 0 Å². The van der Waals surface area contributed by atoms with Crippen LogP contribution < -0.4 is 5.32 Å². The standard InChI is InChI=1S/C14H27NO2/c1-11-5-3-7-14(10-16,12(11)2)15-9-13-6-4-8-17-13/h11-13,15-16H,3-10H2,1-2H3. The zero-order valence-electron chi connectivity index (χ0n) is 11.2. The predicted molar refractivity (Wildman–Crippen MR) is 69.0 cm³/mol. The quantitative estimate of drug-likeness (QED) is 0.790. The molecule has 100 valence electrons. The van der Waals surface area contributed by atoms with E-state index in [0.29, 0.717) is 17.9 Å². The van der Waals surface area contributed by atoms with E-state index < -0.39 is 0 Å². The van der Waals surface area contributed by atoms with Crippen LogP contribution in [0, 0.1) is 11.8 Å². The summed E-state index contributed by atoms with van der Waals surface area (Å²) in [4.78, 5) is 0. The second-order valence-corrected chi connectivity index (χ2v) is 5.99. The second-order valence-electron chi connectivity index (χ2n) is 5.99. The van der Waals surface area contributed by atoms with E-state index in [1.54, 1.807) is 0 Å². The minimum absolute atomic E-state index is 0.0659. The molecule has 0 spiro atoms. The molecule has 2 N–H and O–H groups in total. The molecule has 0 bridgehead atoms. The molecule has 0 aromatic rings. The fraction of sp³-hybridized carbons (Fsp3) is 1.00. The summed E-state index contributed by atoms with van der Waals surface area (Å²) in [6.07, 6.45) is 6.34. The Morgan fingerprint density at radius 2 is 2.12 bits per heavy atom. The van der Waals surface area contributed by atoms with E-state index in [1.165, 1.54) is 25.7 Å². The maximum absolute atomic E-state index is 9.80. The lowest BCUT2D eigenvalue weighted by molar-refractivity contribution is 0.0279. The highest BCUT2D eigenvalue weighted by Crippen LogP contribution is 2.37. The van der Waals surface area contributed by atoms with E-state index in [2.05, 4.69) is 19.2 Å². The van der Waals surface area contributed by atoms with Gasteiger partial charge in [0.25, 0.3) is 0 Å². The summed E-state index contributed by atoms with van der Waals surface area (Å²) in [7, 11) is 0. The van der Waals surface area contributed by atoms with Crippen LogP contribution >= 0.6 is 0 Å². The molecule has 0 amide bonds. The molecule has 3 nitrogen and oxygen atoms in total. The number of aliphatic hydroxyl groups excluding tert-OH is 1. The highest BCUT2D eigenvalue weighted by molar-refractivity contribution is 4.98. The first-order valence-corrected chi connectivity index (χ1v) is 7.15. The van der Waals surface area contributed by atoms with Gasteiger partial charge in [-0.3, -0.25) is 0 Å². The average molecular weight is 241 g/mol. The van der Waals surface area contributed by atoms with Gasteiger partial charge in [-0.05, 0) is 31.1 Å². The minimum Gasteiger partial charge on any atom is -0.394 e. The lowest BCUT2D eigenvalue weighted by Gasteiger charge is -2.46. The number of rotatable bonds is 4. The van der Waals surface area contributed by atoms with Gasteiger partial charge in [0.05, 0.1) is 12.7 Å². The third-order valence-electron chi connectivity index (χ3n) is 5.00. The van der Waals surface area contributed by atoms with Crippen LogP contribution in [0.25, 0.3) is 0 Å². The summed E-state index contributed by atoms with van der Waals surface area (Å²) in [5.41, 5.74) is -0.0659. The molecule has 0 radical (unpaired) electrons. The minimum atomic E-state index is -0.0659. The van der Waals surface area contributed by atoms with E-state index in [4.69, 9.17) is 4.74 Å².